The molecule has 0 aromatic heterocycles. The molecule has 0 fully saturated rings. The fourth-order valence-corrected chi connectivity index (χ4v) is 1.36. The number of hydrogen-bond donors (Lipinski definition) is 0. The second kappa shape index (κ2) is 6.53. The van der Waals surface area contributed by atoms with E-state index in [1.165, 1.54) is 31.3 Å². The van der Waals surface area contributed by atoms with Crippen molar-refractivity contribution in [2.24, 2.45) is 0 Å². The van der Waals surface area contributed by atoms with Crippen molar-refractivity contribution in [3.63, 3.8) is 0 Å². The summed E-state index contributed by atoms with van der Waals surface area (Å²) in [5, 5.41) is 0. The minimum atomic E-state index is 0.681. The molecule has 0 amide bonds. The van der Waals surface area contributed by atoms with Gasteiger partial charge in [0.1, 0.15) is 6.61 Å². The highest BCUT2D eigenvalue weighted by molar-refractivity contribution is 5.18. The molecular formula is C12H18O. The van der Waals surface area contributed by atoms with Crippen molar-refractivity contribution in [3.05, 3.63) is 36.1 Å². The molecule has 0 radical (unpaired) electrons. The van der Waals surface area contributed by atoms with Crippen LogP contribution in [-0.2, 0) is 4.74 Å². The summed E-state index contributed by atoms with van der Waals surface area (Å²) < 4.78 is 5.27. The lowest BCUT2D eigenvalue weighted by atomic mass is 10.00. The Kier molecular flexibility index (Phi) is 5.07. The van der Waals surface area contributed by atoms with Crippen molar-refractivity contribution in [3.8, 4) is 0 Å². The minimum absolute atomic E-state index is 0.681. The second-order valence-electron chi connectivity index (χ2n) is 3.23. The van der Waals surface area contributed by atoms with E-state index in [9.17, 15) is 0 Å². The monoisotopic (exact) mass is 178 g/mol. The van der Waals surface area contributed by atoms with Crippen LogP contribution in [0.1, 0.15) is 32.6 Å². The summed E-state index contributed by atoms with van der Waals surface area (Å²) >= 11 is 0. The standard InChI is InChI=1S/C12H18O/c1-2-3-10-13-11-9-12-7-5-4-6-8-12/h2-3,7,9,11H,4-6,8,10H2,1H3/b3-2+,11-9+. The molecule has 0 bridgehead atoms. The molecule has 0 aliphatic heterocycles. The molecule has 0 aromatic rings. The highest BCUT2D eigenvalue weighted by atomic mass is 16.5. The Morgan fingerprint density at radius 3 is 3.08 bits per heavy atom. The van der Waals surface area contributed by atoms with Gasteiger partial charge in [-0.3, -0.25) is 0 Å². The van der Waals surface area contributed by atoms with Gasteiger partial charge in [0, 0.05) is 0 Å². The number of allylic oxidation sites excluding steroid dienone is 4. The molecule has 0 saturated heterocycles. The van der Waals surface area contributed by atoms with Gasteiger partial charge < -0.3 is 4.74 Å². The van der Waals surface area contributed by atoms with Gasteiger partial charge in [0.05, 0.1) is 6.26 Å². The van der Waals surface area contributed by atoms with Gasteiger partial charge in [-0.15, -0.1) is 0 Å². The molecule has 0 N–H and O–H groups in total. The Morgan fingerprint density at radius 2 is 2.38 bits per heavy atom. The smallest absolute Gasteiger partial charge is 0.105 e. The van der Waals surface area contributed by atoms with E-state index >= 15 is 0 Å². The van der Waals surface area contributed by atoms with Crippen LogP contribution in [0, 0.1) is 0 Å². The van der Waals surface area contributed by atoms with E-state index < -0.39 is 0 Å². The van der Waals surface area contributed by atoms with Gasteiger partial charge in [0.2, 0.25) is 0 Å². The van der Waals surface area contributed by atoms with Gasteiger partial charge in [-0.25, -0.2) is 0 Å². The Hall–Kier alpha value is -0.980. The molecule has 72 valence electrons. The van der Waals surface area contributed by atoms with Crippen LogP contribution in [0.5, 0.6) is 0 Å². The lowest BCUT2D eigenvalue weighted by Crippen LogP contribution is -1.89. The second-order valence-corrected chi connectivity index (χ2v) is 3.23. The number of hydrogen-bond acceptors (Lipinski definition) is 1. The molecule has 0 heterocycles. The lowest BCUT2D eigenvalue weighted by Gasteiger charge is -2.07. The van der Waals surface area contributed by atoms with Crippen molar-refractivity contribution in [1.82, 2.24) is 0 Å². The van der Waals surface area contributed by atoms with E-state index in [-0.39, 0.29) is 0 Å². The molecule has 0 spiro atoms. The fraction of sp³-hybridized carbons (Fsp3) is 0.500. The Balaban J connectivity index is 2.18. The summed E-state index contributed by atoms with van der Waals surface area (Å²) in [4.78, 5) is 0. The zero-order valence-electron chi connectivity index (χ0n) is 8.33. The SMILES string of the molecule is C/C=C/CO/C=C/C1=CCCCC1. The van der Waals surface area contributed by atoms with E-state index in [4.69, 9.17) is 4.74 Å². The third-order valence-corrected chi connectivity index (χ3v) is 2.13. The molecule has 0 atom stereocenters. The van der Waals surface area contributed by atoms with Gasteiger partial charge in [-0.2, -0.15) is 0 Å². The zero-order chi connectivity index (χ0) is 9.36. The first-order valence-electron chi connectivity index (χ1n) is 5.02. The van der Waals surface area contributed by atoms with Crippen molar-refractivity contribution in [1.29, 1.82) is 0 Å². The maximum Gasteiger partial charge on any atom is 0.105 e. The molecule has 0 unspecified atom stereocenters. The van der Waals surface area contributed by atoms with E-state index in [0.29, 0.717) is 6.61 Å². The normalized spacial score (nSPS) is 18.1. The van der Waals surface area contributed by atoms with Gasteiger partial charge in [0.15, 0.2) is 0 Å². The predicted octanol–water partition coefficient (Wildman–Crippen LogP) is 3.59. The van der Waals surface area contributed by atoms with Crippen LogP contribution in [-0.4, -0.2) is 6.61 Å². The average Bonchev–Trinajstić information content (AvgIpc) is 2.19. The van der Waals surface area contributed by atoms with Crippen molar-refractivity contribution >= 4 is 0 Å². The molecule has 1 heteroatoms. The number of ether oxygens (including phenoxy) is 1. The summed E-state index contributed by atoms with van der Waals surface area (Å²) in [5.41, 5.74) is 1.42. The summed E-state index contributed by atoms with van der Waals surface area (Å²) in [6.45, 7) is 2.68. The van der Waals surface area contributed by atoms with Crippen LogP contribution in [0.2, 0.25) is 0 Å². The van der Waals surface area contributed by atoms with Gasteiger partial charge >= 0.3 is 0 Å². The molecule has 0 saturated carbocycles. The van der Waals surface area contributed by atoms with Crippen LogP contribution in [0.4, 0.5) is 0 Å². The molecule has 1 aliphatic carbocycles. The third kappa shape index (κ3) is 4.56. The maximum atomic E-state index is 5.27. The Labute approximate surface area is 80.8 Å². The fourth-order valence-electron chi connectivity index (χ4n) is 1.36. The van der Waals surface area contributed by atoms with Crippen LogP contribution in [0.3, 0.4) is 0 Å². The molecular weight excluding hydrogens is 160 g/mol. The van der Waals surface area contributed by atoms with Crippen molar-refractivity contribution < 1.29 is 4.74 Å². The first kappa shape index (κ1) is 10.1. The highest BCUT2D eigenvalue weighted by Crippen LogP contribution is 2.17. The van der Waals surface area contributed by atoms with E-state index in [1.54, 1.807) is 6.26 Å². The van der Waals surface area contributed by atoms with Gasteiger partial charge in [0.25, 0.3) is 0 Å². The van der Waals surface area contributed by atoms with E-state index in [1.807, 2.05) is 19.1 Å². The predicted molar refractivity (Wildman–Crippen MR) is 56.5 cm³/mol. The molecule has 1 nitrogen and oxygen atoms in total. The van der Waals surface area contributed by atoms with Crippen LogP contribution < -0.4 is 0 Å². The summed E-state index contributed by atoms with van der Waals surface area (Å²) in [7, 11) is 0. The van der Waals surface area contributed by atoms with E-state index in [2.05, 4.69) is 12.2 Å². The van der Waals surface area contributed by atoms with Gasteiger partial charge in [-0.05, 0) is 44.3 Å². The van der Waals surface area contributed by atoms with Gasteiger partial charge in [-0.1, -0.05) is 18.2 Å². The van der Waals surface area contributed by atoms with Crippen LogP contribution >= 0.6 is 0 Å². The highest BCUT2D eigenvalue weighted by Gasteiger charge is 1.98. The molecule has 1 rings (SSSR count). The molecule has 13 heavy (non-hydrogen) atoms. The lowest BCUT2D eigenvalue weighted by molar-refractivity contribution is 0.289. The topological polar surface area (TPSA) is 9.23 Å². The van der Waals surface area contributed by atoms with Crippen LogP contribution in [0.15, 0.2) is 36.1 Å². The average molecular weight is 178 g/mol. The third-order valence-electron chi connectivity index (χ3n) is 2.13. The minimum Gasteiger partial charge on any atom is -0.497 e. The summed E-state index contributed by atoms with van der Waals surface area (Å²) in [5.74, 6) is 0. The quantitative estimate of drug-likeness (QED) is 0.363. The number of rotatable bonds is 4. The Bertz CT molecular complexity index is 211. The van der Waals surface area contributed by atoms with Crippen molar-refractivity contribution in [2.75, 3.05) is 6.61 Å². The zero-order valence-corrected chi connectivity index (χ0v) is 8.33. The molecule has 0 aromatic carbocycles. The molecule has 1 aliphatic rings. The summed E-state index contributed by atoms with van der Waals surface area (Å²) in [6.07, 6.45) is 15.3. The first-order chi connectivity index (χ1) is 6.43. The largest absolute Gasteiger partial charge is 0.497 e. The first-order valence-corrected chi connectivity index (χ1v) is 5.02. The van der Waals surface area contributed by atoms with E-state index in [0.717, 1.165) is 0 Å². The Morgan fingerprint density at radius 1 is 1.46 bits per heavy atom. The maximum absolute atomic E-state index is 5.27. The van der Waals surface area contributed by atoms with Crippen molar-refractivity contribution in [2.45, 2.75) is 32.6 Å². The summed E-state index contributed by atoms with van der Waals surface area (Å²) in [6, 6.07) is 0. The van der Waals surface area contributed by atoms with Crippen LogP contribution in [0.25, 0.3) is 0 Å².